The van der Waals surface area contributed by atoms with Crippen molar-refractivity contribution in [1.82, 2.24) is 0 Å². The summed E-state index contributed by atoms with van der Waals surface area (Å²) in [6, 6.07) is 26.8. The van der Waals surface area contributed by atoms with Crippen LogP contribution in [0.4, 0.5) is 11.4 Å². The molecule has 0 bridgehead atoms. The maximum Gasteiger partial charge on any atom is 0.255 e. The molecule has 0 unspecified atom stereocenters. The number of rotatable bonds is 7. The summed E-state index contributed by atoms with van der Waals surface area (Å²) in [7, 11) is 3.23. The molecular weight excluding hydrogens is 408 g/mol. The molecule has 1 amide bonds. The molecular formula is C25H22N2O3S. The van der Waals surface area contributed by atoms with Gasteiger partial charge in [0.1, 0.15) is 11.5 Å². The Kier molecular flexibility index (Phi) is 6.29. The summed E-state index contributed by atoms with van der Waals surface area (Å²) in [6.45, 7) is 0. The Morgan fingerprint density at radius 1 is 0.774 bits per heavy atom. The second kappa shape index (κ2) is 9.45. The number of carbonyl (C=O) groups excluding carboxylic acids is 1. The van der Waals surface area contributed by atoms with Crippen molar-refractivity contribution in [3.8, 4) is 11.5 Å². The predicted octanol–water partition coefficient (Wildman–Crippen LogP) is 6.23. The van der Waals surface area contributed by atoms with Crippen LogP contribution in [0.15, 0.2) is 89.8 Å². The van der Waals surface area contributed by atoms with Crippen LogP contribution in [0.1, 0.15) is 10.4 Å². The van der Waals surface area contributed by atoms with E-state index in [-0.39, 0.29) is 5.91 Å². The number of nitrogens with one attached hydrogen (secondary N) is 2. The molecule has 0 spiro atoms. The quantitative estimate of drug-likeness (QED) is 0.341. The average molecular weight is 431 g/mol. The first kappa shape index (κ1) is 20.6. The van der Waals surface area contributed by atoms with Crippen LogP contribution in [-0.2, 0) is 0 Å². The van der Waals surface area contributed by atoms with Gasteiger partial charge in [0.05, 0.1) is 14.2 Å². The fraction of sp³-hybridized carbons (Fsp3) is 0.0800. The Bertz CT molecular complexity index is 1210. The second-order valence-electron chi connectivity index (χ2n) is 6.78. The van der Waals surface area contributed by atoms with E-state index in [0.29, 0.717) is 11.3 Å². The van der Waals surface area contributed by atoms with Crippen LogP contribution in [0.5, 0.6) is 11.5 Å². The van der Waals surface area contributed by atoms with Crippen LogP contribution in [-0.4, -0.2) is 20.1 Å². The number of carbonyl (C=O) groups is 1. The third kappa shape index (κ3) is 4.75. The second-order valence-corrected chi connectivity index (χ2v) is 7.62. The van der Waals surface area contributed by atoms with Crippen molar-refractivity contribution in [2.24, 2.45) is 0 Å². The van der Waals surface area contributed by atoms with E-state index in [1.807, 2.05) is 60.7 Å². The highest BCUT2D eigenvalue weighted by atomic mass is 32.2. The summed E-state index contributed by atoms with van der Waals surface area (Å²) >= 11 is 1.53. The van der Waals surface area contributed by atoms with Gasteiger partial charge in [-0.25, -0.2) is 0 Å². The summed E-state index contributed by atoms with van der Waals surface area (Å²) in [4.78, 5) is 13.8. The Hall–Kier alpha value is -3.64. The maximum atomic E-state index is 12.8. The molecule has 31 heavy (non-hydrogen) atoms. The van der Waals surface area contributed by atoms with Gasteiger partial charge in [0.25, 0.3) is 5.91 Å². The molecule has 5 nitrogen and oxygen atoms in total. The normalized spacial score (nSPS) is 10.5. The third-order valence-corrected chi connectivity index (χ3v) is 5.75. The SMILES string of the molecule is COc1ccc(NSc2ccc(NC(=O)c3cccc(OC)c3)c3ccccc23)cc1. The number of ether oxygens (including phenoxy) is 2. The summed E-state index contributed by atoms with van der Waals surface area (Å²) in [6.07, 6.45) is 0. The van der Waals surface area contributed by atoms with E-state index in [2.05, 4.69) is 16.1 Å². The average Bonchev–Trinajstić information content (AvgIpc) is 2.84. The highest BCUT2D eigenvalue weighted by Crippen LogP contribution is 2.34. The molecule has 0 saturated carbocycles. The fourth-order valence-corrected chi connectivity index (χ4v) is 3.99. The standard InChI is InChI=1S/C25H22N2O3S/c1-29-19-12-10-18(11-13-19)27-31-24-15-14-23(21-8-3-4-9-22(21)24)26-25(28)17-6-5-7-20(16-17)30-2/h3-16,27H,1-2H3,(H,26,28). The molecule has 0 fully saturated rings. The highest BCUT2D eigenvalue weighted by molar-refractivity contribution is 8.00. The molecule has 4 rings (SSSR count). The molecule has 2 N–H and O–H groups in total. The van der Waals surface area contributed by atoms with Crippen molar-refractivity contribution in [3.05, 3.63) is 90.5 Å². The van der Waals surface area contributed by atoms with Gasteiger partial charge in [-0.15, -0.1) is 0 Å². The molecule has 0 aliphatic heterocycles. The molecule has 4 aromatic carbocycles. The number of hydrogen-bond donors (Lipinski definition) is 2. The van der Waals surface area contributed by atoms with Crippen molar-refractivity contribution in [2.75, 3.05) is 24.3 Å². The summed E-state index contributed by atoms with van der Waals surface area (Å²) < 4.78 is 13.8. The van der Waals surface area contributed by atoms with E-state index >= 15 is 0 Å². The Morgan fingerprint density at radius 2 is 1.52 bits per heavy atom. The molecule has 0 radical (unpaired) electrons. The molecule has 0 heterocycles. The Balaban J connectivity index is 1.56. The molecule has 6 heteroatoms. The molecule has 0 aromatic heterocycles. The molecule has 4 aromatic rings. The molecule has 0 aliphatic carbocycles. The van der Waals surface area contributed by atoms with E-state index in [4.69, 9.17) is 9.47 Å². The van der Waals surface area contributed by atoms with Gasteiger partial charge in [-0.3, -0.25) is 4.79 Å². The van der Waals surface area contributed by atoms with Crippen LogP contribution in [0.2, 0.25) is 0 Å². The minimum atomic E-state index is -0.180. The fourth-order valence-electron chi connectivity index (χ4n) is 3.20. The van der Waals surface area contributed by atoms with Crippen molar-refractivity contribution in [2.45, 2.75) is 4.90 Å². The van der Waals surface area contributed by atoms with Gasteiger partial charge in [0.15, 0.2) is 0 Å². The first-order chi connectivity index (χ1) is 15.2. The maximum absolute atomic E-state index is 12.8. The summed E-state index contributed by atoms with van der Waals surface area (Å²) in [5, 5.41) is 5.05. The van der Waals surface area contributed by atoms with Gasteiger partial charge in [-0.2, -0.15) is 0 Å². The number of fused-ring (bicyclic) bond motifs is 1. The summed E-state index contributed by atoms with van der Waals surface area (Å²) in [5.41, 5.74) is 2.28. The van der Waals surface area contributed by atoms with Crippen LogP contribution in [0.25, 0.3) is 10.8 Å². The van der Waals surface area contributed by atoms with Crippen LogP contribution >= 0.6 is 11.9 Å². The zero-order valence-electron chi connectivity index (χ0n) is 17.2. The van der Waals surface area contributed by atoms with Gasteiger partial charge in [0.2, 0.25) is 0 Å². The first-order valence-electron chi connectivity index (χ1n) is 9.72. The van der Waals surface area contributed by atoms with Gasteiger partial charge >= 0.3 is 0 Å². The lowest BCUT2D eigenvalue weighted by Crippen LogP contribution is -2.12. The van der Waals surface area contributed by atoms with Crippen LogP contribution in [0.3, 0.4) is 0 Å². The van der Waals surface area contributed by atoms with Crippen molar-refractivity contribution in [3.63, 3.8) is 0 Å². The molecule has 156 valence electrons. The minimum Gasteiger partial charge on any atom is -0.497 e. The van der Waals surface area contributed by atoms with Crippen molar-refractivity contribution >= 4 is 40.0 Å². The van der Waals surface area contributed by atoms with Crippen LogP contribution < -0.4 is 19.5 Å². The van der Waals surface area contributed by atoms with E-state index in [1.54, 1.807) is 32.4 Å². The van der Waals surface area contributed by atoms with E-state index < -0.39 is 0 Å². The van der Waals surface area contributed by atoms with Crippen molar-refractivity contribution in [1.29, 1.82) is 0 Å². The topological polar surface area (TPSA) is 59.6 Å². The number of anilines is 2. The van der Waals surface area contributed by atoms with Gasteiger partial charge < -0.3 is 19.5 Å². The largest absolute Gasteiger partial charge is 0.497 e. The van der Waals surface area contributed by atoms with Crippen molar-refractivity contribution < 1.29 is 14.3 Å². The van der Waals surface area contributed by atoms with Gasteiger partial charge in [-0.1, -0.05) is 30.3 Å². The number of methoxy groups -OCH3 is 2. The lowest BCUT2D eigenvalue weighted by Gasteiger charge is -2.13. The number of amides is 1. The predicted molar refractivity (Wildman–Crippen MR) is 127 cm³/mol. The Labute approximate surface area is 185 Å². The highest BCUT2D eigenvalue weighted by Gasteiger charge is 2.11. The zero-order chi connectivity index (χ0) is 21.6. The van der Waals surface area contributed by atoms with E-state index in [1.165, 1.54) is 11.9 Å². The minimum absolute atomic E-state index is 0.180. The smallest absolute Gasteiger partial charge is 0.255 e. The Morgan fingerprint density at radius 3 is 2.26 bits per heavy atom. The van der Waals surface area contributed by atoms with Gasteiger partial charge in [-0.05, 0) is 71.9 Å². The molecule has 0 aliphatic rings. The monoisotopic (exact) mass is 430 g/mol. The zero-order valence-corrected chi connectivity index (χ0v) is 18.0. The van der Waals surface area contributed by atoms with E-state index in [0.717, 1.165) is 32.8 Å². The van der Waals surface area contributed by atoms with E-state index in [9.17, 15) is 4.79 Å². The molecule has 0 saturated heterocycles. The van der Waals surface area contributed by atoms with Crippen LogP contribution in [0, 0.1) is 0 Å². The number of hydrogen-bond acceptors (Lipinski definition) is 5. The lowest BCUT2D eigenvalue weighted by atomic mass is 10.1. The lowest BCUT2D eigenvalue weighted by molar-refractivity contribution is 0.102. The third-order valence-electron chi connectivity index (χ3n) is 4.83. The molecule has 0 atom stereocenters. The number of benzene rings is 4. The first-order valence-corrected chi connectivity index (χ1v) is 10.5. The van der Waals surface area contributed by atoms with Gasteiger partial charge in [0, 0.05) is 27.2 Å². The summed E-state index contributed by atoms with van der Waals surface area (Å²) in [5.74, 6) is 1.28.